The number of carbonyl (C=O) groups is 1. The van der Waals surface area contributed by atoms with Crippen molar-refractivity contribution in [2.24, 2.45) is 5.41 Å². The molecule has 1 N–H and O–H groups in total. The highest BCUT2D eigenvalue weighted by atomic mass is 16.4. The lowest BCUT2D eigenvalue weighted by Crippen LogP contribution is -2.30. The topological polar surface area (TPSA) is 37.3 Å². The molecule has 0 saturated carbocycles. The van der Waals surface area contributed by atoms with E-state index in [1.54, 1.807) is 0 Å². The average molecular weight is 844 g/mol. The number of hydrogen-bond acceptors (Lipinski definition) is 1. The van der Waals surface area contributed by atoms with Gasteiger partial charge in [-0.05, 0) is 44.9 Å². The number of rotatable bonds is 51. The van der Waals surface area contributed by atoms with E-state index < -0.39 is 5.97 Å². The average Bonchev–Trinajstić information content (AvgIpc) is 3.24. The van der Waals surface area contributed by atoms with Crippen LogP contribution in [0.3, 0.4) is 0 Å². The number of hydrogen-bond donors (Lipinski definition) is 1. The second-order valence-corrected chi connectivity index (χ2v) is 20.1. The van der Waals surface area contributed by atoms with Crippen LogP contribution in [0.4, 0.5) is 0 Å². The minimum atomic E-state index is -0.558. The third kappa shape index (κ3) is 36.7. The van der Waals surface area contributed by atoms with E-state index in [4.69, 9.17) is 0 Å². The predicted octanol–water partition coefficient (Wildman–Crippen LogP) is 21.6. The first-order valence-electron chi connectivity index (χ1n) is 28.5. The van der Waals surface area contributed by atoms with E-state index in [0.29, 0.717) is 0 Å². The van der Waals surface area contributed by atoms with Crippen LogP contribution >= 0.6 is 0 Å². The Kier molecular flexibility index (Phi) is 47.1. The highest BCUT2D eigenvalue weighted by Crippen LogP contribution is 2.46. The van der Waals surface area contributed by atoms with Crippen molar-refractivity contribution in [3.63, 3.8) is 0 Å². The van der Waals surface area contributed by atoms with Gasteiger partial charge >= 0.3 is 5.97 Å². The summed E-state index contributed by atoms with van der Waals surface area (Å²) in [5.41, 5.74) is 2.14. The van der Waals surface area contributed by atoms with Gasteiger partial charge in [-0.2, -0.15) is 0 Å². The fraction of sp³-hybridized carbons (Fsp3) is 0.948. The summed E-state index contributed by atoms with van der Waals surface area (Å²) >= 11 is 0. The molecule has 0 aliphatic carbocycles. The monoisotopic (exact) mass is 843 g/mol. The molecule has 1 unspecified atom stereocenters. The van der Waals surface area contributed by atoms with E-state index in [2.05, 4.69) is 34.6 Å². The fourth-order valence-electron chi connectivity index (χ4n) is 10.4. The van der Waals surface area contributed by atoms with Crippen LogP contribution in [0.2, 0.25) is 0 Å². The van der Waals surface area contributed by atoms with Gasteiger partial charge in [0.2, 0.25) is 0 Å². The Balaban J connectivity index is 5.64. The van der Waals surface area contributed by atoms with Crippen molar-refractivity contribution in [3.8, 4) is 0 Å². The first kappa shape index (κ1) is 59.2. The van der Waals surface area contributed by atoms with Gasteiger partial charge < -0.3 is 5.11 Å². The lowest BCUT2D eigenvalue weighted by Gasteiger charge is -2.37. The second-order valence-electron chi connectivity index (χ2n) is 20.1. The van der Waals surface area contributed by atoms with Gasteiger partial charge in [-0.15, -0.1) is 0 Å². The van der Waals surface area contributed by atoms with E-state index in [-0.39, 0.29) is 5.41 Å². The van der Waals surface area contributed by atoms with Gasteiger partial charge in [0, 0.05) is 11.0 Å². The van der Waals surface area contributed by atoms with Crippen LogP contribution in [0.25, 0.3) is 0 Å². The molecule has 0 fully saturated rings. The van der Waals surface area contributed by atoms with Crippen LogP contribution in [0, 0.1) is 5.41 Å². The summed E-state index contributed by atoms with van der Waals surface area (Å²) in [6.07, 6.45) is 64.5. The molecule has 0 aromatic rings. The lowest BCUT2D eigenvalue weighted by molar-refractivity contribution is -0.134. The molecule has 0 spiro atoms. The Morgan fingerprint density at radius 3 is 0.717 bits per heavy atom. The highest BCUT2D eigenvalue weighted by molar-refractivity contribution is 5.89. The minimum absolute atomic E-state index is 0.147. The molecule has 0 aliphatic heterocycles. The molecule has 0 amide bonds. The van der Waals surface area contributed by atoms with Gasteiger partial charge in [-0.25, -0.2) is 4.79 Å². The van der Waals surface area contributed by atoms with E-state index in [0.717, 1.165) is 44.1 Å². The third-order valence-electron chi connectivity index (χ3n) is 14.3. The van der Waals surface area contributed by atoms with Crippen molar-refractivity contribution in [3.05, 3.63) is 11.1 Å². The molecule has 0 saturated heterocycles. The zero-order valence-electron chi connectivity index (χ0n) is 42.5. The van der Waals surface area contributed by atoms with Crippen molar-refractivity contribution in [2.75, 3.05) is 0 Å². The number of aliphatic carboxylic acids is 1. The maximum absolute atomic E-state index is 13.8. The normalized spacial score (nSPS) is 13.2. The summed E-state index contributed by atoms with van der Waals surface area (Å²) in [6, 6.07) is 0. The van der Waals surface area contributed by atoms with Crippen molar-refractivity contribution in [2.45, 2.75) is 349 Å². The van der Waals surface area contributed by atoms with Crippen molar-refractivity contribution >= 4 is 5.97 Å². The maximum atomic E-state index is 13.8. The van der Waals surface area contributed by atoms with Gasteiger partial charge in [-0.3, -0.25) is 0 Å². The van der Waals surface area contributed by atoms with Crippen LogP contribution in [-0.2, 0) is 4.79 Å². The summed E-state index contributed by atoms with van der Waals surface area (Å²) in [5.74, 6) is -0.558. The molecule has 1 atom stereocenters. The number of carboxylic acid groups (broad SMARTS) is 1. The van der Waals surface area contributed by atoms with Gasteiger partial charge in [0.15, 0.2) is 0 Å². The zero-order chi connectivity index (χ0) is 43.9. The smallest absolute Gasteiger partial charge is 0.332 e. The molecule has 0 rings (SSSR count). The SMILES string of the molecule is CCCCCCCCCCCCCCCCCCC(CCC)(CCCCCCCCCCC)C(C(=O)O)=C(CCCCCCCCCC)CCCCCCCCCCCC. The summed E-state index contributed by atoms with van der Waals surface area (Å²) in [4.78, 5) is 13.8. The third-order valence-corrected chi connectivity index (χ3v) is 14.3. The van der Waals surface area contributed by atoms with Gasteiger partial charge in [-0.1, -0.05) is 310 Å². The van der Waals surface area contributed by atoms with Crippen LogP contribution in [0.15, 0.2) is 11.1 Å². The molecular weight excluding hydrogens is 729 g/mol. The van der Waals surface area contributed by atoms with Gasteiger partial charge in [0.1, 0.15) is 0 Å². The van der Waals surface area contributed by atoms with E-state index >= 15 is 0 Å². The Morgan fingerprint density at radius 1 is 0.283 bits per heavy atom. The minimum Gasteiger partial charge on any atom is -0.478 e. The molecule has 0 aromatic carbocycles. The summed E-state index contributed by atoms with van der Waals surface area (Å²) < 4.78 is 0. The van der Waals surface area contributed by atoms with Crippen LogP contribution in [0.1, 0.15) is 349 Å². The molecular formula is C58H114O2. The van der Waals surface area contributed by atoms with Crippen LogP contribution in [-0.4, -0.2) is 11.1 Å². The Morgan fingerprint density at radius 2 is 0.500 bits per heavy atom. The first-order valence-corrected chi connectivity index (χ1v) is 28.5. The number of unbranched alkanes of at least 4 members (excludes halogenated alkanes) is 39. The largest absolute Gasteiger partial charge is 0.478 e. The zero-order valence-corrected chi connectivity index (χ0v) is 42.5. The standard InChI is InChI=1S/C58H114O2/c1-6-11-15-19-23-27-29-30-31-32-33-34-37-41-45-49-54-58(52-10-5,53-48-44-40-36-25-21-17-13-8-3)56(57(59)60)55(50-46-42-38-26-22-18-14-9-4)51-47-43-39-35-28-24-20-16-12-7-2/h6-54H2,1-5H3,(H,59,60). The molecule has 358 valence electrons. The van der Waals surface area contributed by atoms with Crippen molar-refractivity contribution < 1.29 is 9.90 Å². The Bertz CT molecular complexity index is 889. The number of carboxylic acids is 1. The summed E-state index contributed by atoms with van der Waals surface area (Å²) in [7, 11) is 0. The van der Waals surface area contributed by atoms with Crippen molar-refractivity contribution in [1.29, 1.82) is 0 Å². The summed E-state index contributed by atoms with van der Waals surface area (Å²) in [6.45, 7) is 11.6. The van der Waals surface area contributed by atoms with E-state index in [1.807, 2.05) is 0 Å². The quantitative estimate of drug-likeness (QED) is 0.0489. The molecule has 0 heterocycles. The molecule has 0 radical (unpaired) electrons. The maximum Gasteiger partial charge on any atom is 0.332 e. The van der Waals surface area contributed by atoms with Crippen LogP contribution in [0.5, 0.6) is 0 Å². The molecule has 2 heteroatoms. The Hall–Kier alpha value is -0.790. The first-order chi connectivity index (χ1) is 29.5. The molecule has 0 aromatic heterocycles. The molecule has 0 bridgehead atoms. The van der Waals surface area contributed by atoms with Gasteiger partial charge in [0.05, 0.1) is 0 Å². The fourth-order valence-corrected chi connectivity index (χ4v) is 10.4. The van der Waals surface area contributed by atoms with E-state index in [1.165, 1.54) is 282 Å². The van der Waals surface area contributed by atoms with E-state index in [9.17, 15) is 9.90 Å². The summed E-state index contributed by atoms with van der Waals surface area (Å²) in [5, 5.41) is 11.3. The highest BCUT2D eigenvalue weighted by Gasteiger charge is 2.38. The van der Waals surface area contributed by atoms with Crippen LogP contribution < -0.4 is 0 Å². The van der Waals surface area contributed by atoms with Gasteiger partial charge in [0.25, 0.3) is 0 Å². The second kappa shape index (κ2) is 47.7. The number of allylic oxidation sites excluding steroid dienone is 1. The predicted molar refractivity (Wildman–Crippen MR) is 272 cm³/mol. The Labute approximate surface area is 380 Å². The molecule has 2 nitrogen and oxygen atoms in total. The lowest BCUT2D eigenvalue weighted by atomic mass is 9.66. The molecule has 0 aliphatic rings. The molecule has 60 heavy (non-hydrogen) atoms. The van der Waals surface area contributed by atoms with Crippen molar-refractivity contribution in [1.82, 2.24) is 0 Å².